The Kier molecular flexibility index (Phi) is 4.95. The fourth-order valence-corrected chi connectivity index (χ4v) is 3.77. The minimum absolute atomic E-state index is 0.306. The summed E-state index contributed by atoms with van der Waals surface area (Å²) < 4.78 is 11.0. The number of amides is 1. The number of nitriles is 1. The summed E-state index contributed by atoms with van der Waals surface area (Å²) >= 11 is 0. The highest BCUT2D eigenvalue weighted by atomic mass is 16.6. The Morgan fingerprint density at radius 1 is 1.17 bits per heavy atom. The molecular formula is C22H20N2O5. The van der Waals surface area contributed by atoms with Crippen LogP contribution in [0, 0.1) is 11.3 Å². The molecule has 1 atom stereocenters. The molecule has 0 saturated heterocycles. The van der Waals surface area contributed by atoms with Gasteiger partial charge in [-0.2, -0.15) is 5.26 Å². The lowest BCUT2D eigenvalue weighted by molar-refractivity contribution is -0.135. The number of unbranched alkanes of at least 4 members (excludes halogenated alkanes) is 1. The number of benzene rings is 2. The Bertz CT molecular complexity index is 1010. The number of ketones is 1. The molecule has 148 valence electrons. The van der Waals surface area contributed by atoms with Crippen LogP contribution in [0.2, 0.25) is 0 Å². The number of carbonyl (C=O) groups excluding carboxylic acids is 2. The number of carbonyl (C=O) groups is 2. The molecule has 2 aliphatic rings. The average Bonchev–Trinajstić information content (AvgIpc) is 2.95. The summed E-state index contributed by atoms with van der Waals surface area (Å²) in [6.07, 6.45) is 0.417. The smallest absolute Gasteiger partial charge is 0.264 e. The van der Waals surface area contributed by atoms with Crippen LogP contribution in [-0.2, 0) is 10.4 Å². The normalized spacial score (nSPS) is 19.6. The lowest BCUT2D eigenvalue weighted by Crippen LogP contribution is -2.42. The van der Waals surface area contributed by atoms with Crippen LogP contribution < -0.4 is 14.4 Å². The molecule has 2 heterocycles. The summed E-state index contributed by atoms with van der Waals surface area (Å²) in [6, 6.07) is 13.8. The van der Waals surface area contributed by atoms with Gasteiger partial charge in [0.15, 0.2) is 22.9 Å². The van der Waals surface area contributed by atoms with Gasteiger partial charge in [0.2, 0.25) is 0 Å². The van der Waals surface area contributed by atoms with Crippen LogP contribution in [0.5, 0.6) is 11.5 Å². The Labute approximate surface area is 168 Å². The fourth-order valence-electron chi connectivity index (χ4n) is 3.77. The van der Waals surface area contributed by atoms with Gasteiger partial charge < -0.3 is 19.5 Å². The summed E-state index contributed by atoms with van der Waals surface area (Å²) in [7, 11) is 0. The summed E-state index contributed by atoms with van der Waals surface area (Å²) in [5.41, 5.74) is -0.607. The molecule has 7 nitrogen and oxygen atoms in total. The van der Waals surface area contributed by atoms with E-state index in [-0.39, 0.29) is 12.2 Å². The molecule has 0 aromatic heterocycles. The summed E-state index contributed by atoms with van der Waals surface area (Å²) in [5.74, 6) is 0.136. The van der Waals surface area contributed by atoms with Crippen LogP contribution in [0.1, 0.15) is 35.2 Å². The number of rotatable bonds is 6. The van der Waals surface area contributed by atoms with Gasteiger partial charge >= 0.3 is 0 Å². The molecule has 0 fully saturated rings. The monoisotopic (exact) mass is 392 g/mol. The van der Waals surface area contributed by atoms with Crippen LogP contribution >= 0.6 is 0 Å². The second-order valence-electron chi connectivity index (χ2n) is 7.05. The highest BCUT2D eigenvalue weighted by molar-refractivity contribution is 6.10. The van der Waals surface area contributed by atoms with Crippen molar-refractivity contribution in [3.05, 3.63) is 53.6 Å². The maximum absolute atomic E-state index is 13.1. The maximum atomic E-state index is 13.1. The summed E-state index contributed by atoms with van der Waals surface area (Å²) in [5, 5.41) is 20.0. The van der Waals surface area contributed by atoms with Crippen molar-refractivity contribution < 1.29 is 24.2 Å². The number of Topliss-reactive ketones (excluding diaryl/α,β-unsaturated/α-hetero) is 1. The number of anilines is 1. The van der Waals surface area contributed by atoms with Crippen molar-refractivity contribution in [3.63, 3.8) is 0 Å². The van der Waals surface area contributed by atoms with Crippen LogP contribution in [0.4, 0.5) is 5.69 Å². The van der Waals surface area contributed by atoms with E-state index in [0.717, 1.165) is 0 Å². The summed E-state index contributed by atoms with van der Waals surface area (Å²) in [6.45, 7) is 1.16. The summed E-state index contributed by atoms with van der Waals surface area (Å²) in [4.78, 5) is 27.5. The zero-order valence-corrected chi connectivity index (χ0v) is 15.8. The predicted molar refractivity (Wildman–Crippen MR) is 104 cm³/mol. The minimum Gasteiger partial charge on any atom is -0.486 e. The molecule has 0 saturated carbocycles. The molecule has 1 N–H and O–H groups in total. The van der Waals surface area contributed by atoms with Crippen LogP contribution in [0.15, 0.2) is 42.5 Å². The molecule has 0 aliphatic carbocycles. The van der Waals surface area contributed by atoms with E-state index in [1.165, 1.54) is 4.90 Å². The van der Waals surface area contributed by atoms with Crippen LogP contribution in [-0.4, -0.2) is 36.6 Å². The first kappa shape index (κ1) is 19.0. The first-order valence-electron chi connectivity index (χ1n) is 9.48. The van der Waals surface area contributed by atoms with Gasteiger partial charge in [-0.05, 0) is 30.7 Å². The van der Waals surface area contributed by atoms with Gasteiger partial charge in [0.1, 0.15) is 13.2 Å². The van der Waals surface area contributed by atoms with Crippen molar-refractivity contribution in [1.29, 1.82) is 5.26 Å². The largest absolute Gasteiger partial charge is 0.486 e. The van der Waals surface area contributed by atoms with E-state index < -0.39 is 11.5 Å². The minimum atomic E-state index is -1.94. The topological polar surface area (TPSA) is 99.9 Å². The highest BCUT2D eigenvalue weighted by Gasteiger charge is 2.50. The third-order valence-corrected chi connectivity index (χ3v) is 5.19. The van der Waals surface area contributed by atoms with E-state index in [2.05, 4.69) is 6.07 Å². The number of nitrogens with zero attached hydrogens (tertiary/aromatic N) is 2. The quantitative estimate of drug-likeness (QED) is 0.599. The van der Waals surface area contributed by atoms with Crippen molar-refractivity contribution >= 4 is 17.4 Å². The lowest BCUT2D eigenvalue weighted by atomic mass is 9.88. The van der Waals surface area contributed by atoms with Gasteiger partial charge in [-0.1, -0.05) is 18.2 Å². The van der Waals surface area contributed by atoms with E-state index >= 15 is 0 Å². The lowest BCUT2D eigenvalue weighted by Gasteiger charge is -2.23. The molecule has 2 aliphatic heterocycles. The predicted octanol–water partition coefficient (Wildman–Crippen LogP) is 2.57. The number of hydrogen-bond donors (Lipinski definition) is 1. The standard InChI is InChI=1S/C22H20N2O5/c23-9-3-4-10-24-17-6-2-1-5-16(17)22(27,21(24)26)14-18(25)15-7-8-19-20(13-15)29-12-11-28-19/h1-2,5-8,13,27H,3-4,10-12,14H2/t22-/m1/s1. The Morgan fingerprint density at radius 2 is 1.93 bits per heavy atom. The average molecular weight is 392 g/mol. The molecule has 2 aromatic rings. The molecule has 0 spiro atoms. The first-order valence-corrected chi connectivity index (χ1v) is 9.48. The van der Waals surface area contributed by atoms with E-state index in [1.54, 1.807) is 42.5 Å². The Morgan fingerprint density at radius 3 is 2.72 bits per heavy atom. The van der Waals surface area contributed by atoms with Crippen molar-refractivity contribution in [2.75, 3.05) is 24.7 Å². The maximum Gasteiger partial charge on any atom is 0.264 e. The number of aliphatic hydroxyl groups is 1. The van der Waals surface area contributed by atoms with Crippen molar-refractivity contribution in [1.82, 2.24) is 0 Å². The van der Waals surface area contributed by atoms with E-state index in [4.69, 9.17) is 14.7 Å². The first-order chi connectivity index (χ1) is 14.0. The van der Waals surface area contributed by atoms with Gasteiger partial charge in [0.25, 0.3) is 5.91 Å². The molecule has 0 bridgehead atoms. The van der Waals surface area contributed by atoms with Gasteiger partial charge in [0, 0.05) is 24.1 Å². The van der Waals surface area contributed by atoms with Crippen molar-refractivity contribution in [2.45, 2.75) is 24.9 Å². The molecule has 4 rings (SSSR count). The van der Waals surface area contributed by atoms with Gasteiger partial charge in [-0.3, -0.25) is 9.59 Å². The van der Waals surface area contributed by atoms with Gasteiger partial charge in [0.05, 0.1) is 18.2 Å². The Balaban J connectivity index is 1.61. The molecule has 0 radical (unpaired) electrons. The third kappa shape index (κ3) is 3.32. The number of hydrogen-bond acceptors (Lipinski definition) is 6. The molecule has 29 heavy (non-hydrogen) atoms. The molecule has 1 amide bonds. The van der Waals surface area contributed by atoms with Crippen molar-refractivity contribution in [3.8, 4) is 17.6 Å². The van der Waals surface area contributed by atoms with Crippen LogP contribution in [0.3, 0.4) is 0 Å². The molecule has 0 unspecified atom stereocenters. The van der Waals surface area contributed by atoms with Crippen LogP contribution in [0.25, 0.3) is 0 Å². The Hall–Kier alpha value is -3.37. The molecule has 2 aromatic carbocycles. The fraction of sp³-hybridized carbons (Fsp3) is 0.318. The SMILES string of the molecule is N#CCCCN1C(=O)[C@@](O)(CC(=O)c2ccc3c(c2)OCCO3)c2ccccc21. The highest BCUT2D eigenvalue weighted by Crippen LogP contribution is 2.43. The third-order valence-electron chi connectivity index (χ3n) is 5.19. The van der Waals surface area contributed by atoms with Crippen molar-refractivity contribution in [2.24, 2.45) is 0 Å². The zero-order valence-electron chi connectivity index (χ0n) is 15.8. The van der Waals surface area contributed by atoms with Gasteiger partial charge in [-0.15, -0.1) is 0 Å². The molecular weight excluding hydrogens is 372 g/mol. The second-order valence-corrected chi connectivity index (χ2v) is 7.05. The van der Waals surface area contributed by atoms with E-state index in [1.807, 2.05) is 0 Å². The second kappa shape index (κ2) is 7.57. The zero-order chi connectivity index (χ0) is 20.4. The van der Waals surface area contributed by atoms with E-state index in [9.17, 15) is 14.7 Å². The van der Waals surface area contributed by atoms with E-state index in [0.29, 0.717) is 60.9 Å². The van der Waals surface area contributed by atoms with Gasteiger partial charge in [-0.25, -0.2) is 0 Å². The molecule has 7 heteroatoms. The number of para-hydroxylation sites is 1. The number of ether oxygens (including phenoxy) is 2. The number of fused-ring (bicyclic) bond motifs is 2.